The van der Waals surface area contributed by atoms with Gasteiger partial charge in [0, 0.05) is 12.1 Å². The average Bonchev–Trinajstić information content (AvgIpc) is 3.18. The smallest absolute Gasteiger partial charge is 0.161 e. The summed E-state index contributed by atoms with van der Waals surface area (Å²) in [5.41, 5.74) is 7.27. The van der Waals surface area contributed by atoms with Crippen LogP contribution in [0.15, 0.2) is 18.2 Å². The third-order valence-electron chi connectivity index (χ3n) is 4.40. The van der Waals surface area contributed by atoms with Crippen molar-refractivity contribution in [2.45, 2.75) is 37.3 Å². The number of benzene rings is 1. The maximum atomic E-state index is 6.24. The van der Waals surface area contributed by atoms with E-state index in [-0.39, 0.29) is 11.6 Å². The van der Waals surface area contributed by atoms with Crippen molar-refractivity contribution in [3.63, 3.8) is 0 Å². The highest BCUT2D eigenvalue weighted by Gasteiger charge is 2.40. The standard InChI is InChI=1S/C16H24N2O2/c1-18-9-3-4-13(11-18)20-14-6-5-12(10-15(14)19-2)16(17)7-8-16/h5-6,10,13H,3-4,7-9,11,17H2,1-2H3. The quantitative estimate of drug-likeness (QED) is 0.915. The predicted molar refractivity (Wildman–Crippen MR) is 79.2 cm³/mol. The molecule has 110 valence electrons. The van der Waals surface area contributed by atoms with Crippen molar-refractivity contribution in [2.75, 3.05) is 27.2 Å². The molecule has 1 aliphatic heterocycles. The first-order valence-corrected chi connectivity index (χ1v) is 7.43. The van der Waals surface area contributed by atoms with Gasteiger partial charge in [-0.3, -0.25) is 0 Å². The monoisotopic (exact) mass is 276 g/mol. The van der Waals surface area contributed by atoms with E-state index < -0.39 is 0 Å². The molecule has 0 bridgehead atoms. The van der Waals surface area contributed by atoms with Gasteiger partial charge in [0.25, 0.3) is 0 Å². The Balaban J connectivity index is 1.75. The lowest BCUT2D eigenvalue weighted by molar-refractivity contribution is 0.101. The van der Waals surface area contributed by atoms with Crippen LogP contribution in [0.3, 0.4) is 0 Å². The van der Waals surface area contributed by atoms with Crippen molar-refractivity contribution in [1.82, 2.24) is 4.90 Å². The topological polar surface area (TPSA) is 47.7 Å². The third-order valence-corrected chi connectivity index (χ3v) is 4.40. The molecule has 4 heteroatoms. The fraction of sp³-hybridized carbons (Fsp3) is 0.625. The number of methoxy groups -OCH3 is 1. The Morgan fingerprint density at radius 1 is 1.30 bits per heavy atom. The Bertz CT molecular complexity index is 485. The van der Waals surface area contributed by atoms with Crippen LogP contribution in [0.4, 0.5) is 0 Å². The molecule has 1 heterocycles. The molecule has 2 fully saturated rings. The SMILES string of the molecule is COc1cc(C2(N)CC2)ccc1OC1CCCN(C)C1. The molecule has 1 saturated carbocycles. The van der Waals surface area contributed by atoms with E-state index >= 15 is 0 Å². The van der Waals surface area contributed by atoms with E-state index in [2.05, 4.69) is 18.0 Å². The predicted octanol–water partition coefficient (Wildman–Crippen LogP) is 2.12. The van der Waals surface area contributed by atoms with Crippen LogP contribution >= 0.6 is 0 Å². The molecule has 1 atom stereocenters. The van der Waals surface area contributed by atoms with Crippen molar-refractivity contribution in [3.8, 4) is 11.5 Å². The summed E-state index contributed by atoms with van der Waals surface area (Å²) in [5.74, 6) is 1.63. The van der Waals surface area contributed by atoms with E-state index in [4.69, 9.17) is 15.2 Å². The van der Waals surface area contributed by atoms with Crippen LogP contribution in [-0.2, 0) is 5.54 Å². The lowest BCUT2D eigenvalue weighted by Crippen LogP contribution is -2.38. The van der Waals surface area contributed by atoms with Gasteiger partial charge in [0.15, 0.2) is 11.5 Å². The summed E-state index contributed by atoms with van der Waals surface area (Å²) >= 11 is 0. The van der Waals surface area contributed by atoms with E-state index in [9.17, 15) is 0 Å². The molecule has 1 saturated heterocycles. The van der Waals surface area contributed by atoms with Gasteiger partial charge in [0.2, 0.25) is 0 Å². The van der Waals surface area contributed by atoms with Crippen LogP contribution < -0.4 is 15.2 Å². The van der Waals surface area contributed by atoms with Gasteiger partial charge in [0.05, 0.1) is 7.11 Å². The zero-order chi connectivity index (χ0) is 14.2. The zero-order valence-electron chi connectivity index (χ0n) is 12.4. The Kier molecular flexibility index (Phi) is 3.61. The number of likely N-dealkylation sites (N-methyl/N-ethyl adjacent to an activating group) is 1. The fourth-order valence-corrected chi connectivity index (χ4v) is 2.89. The summed E-state index contributed by atoms with van der Waals surface area (Å²) < 4.78 is 11.6. The number of piperidine rings is 1. The molecule has 0 radical (unpaired) electrons. The van der Waals surface area contributed by atoms with Crippen LogP contribution in [0.2, 0.25) is 0 Å². The zero-order valence-corrected chi connectivity index (χ0v) is 12.4. The number of hydrogen-bond donors (Lipinski definition) is 1. The average molecular weight is 276 g/mol. The molecule has 0 spiro atoms. The van der Waals surface area contributed by atoms with Gasteiger partial charge in [0.1, 0.15) is 6.10 Å². The van der Waals surface area contributed by atoms with Gasteiger partial charge in [-0.25, -0.2) is 0 Å². The highest BCUT2D eigenvalue weighted by Crippen LogP contribution is 2.45. The molecule has 1 aromatic carbocycles. The third kappa shape index (κ3) is 2.76. The van der Waals surface area contributed by atoms with Crippen molar-refractivity contribution in [3.05, 3.63) is 23.8 Å². The number of rotatable bonds is 4. The molecule has 2 N–H and O–H groups in total. The summed E-state index contributed by atoms with van der Waals surface area (Å²) in [7, 11) is 3.83. The van der Waals surface area contributed by atoms with Crippen LogP contribution in [0.5, 0.6) is 11.5 Å². The summed E-state index contributed by atoms with van der Waals surface area (Å²) in [5, 5.41) is 0. The van der Waals surface area contributed by atoms with E-state index in [1.807, 2.05) is 12.1 Å². The molecular weight excluding hydrogens is 252 g/mol. The van der Waals surface area contributed by atoms with Crippen LogP contribution in [0.25, 0.3) is 0 Å². The van der Waals surface area contributed by atoms with Gasteiger partial charge < -0.3 is 20.1 Å². The van der Waals surface area contributed by atoms with Gasteiger partial charge in [-0.2, -0.15) is 0 Å². The second-order valence-corrected chi connectivity index (χ2v) is 6.17. The van der Waals surface area contributed by atoms with Crippen molar-refractivity contribution in [2.24, 2.45) is 5.73 Å². The van der Waals surface area contributed by atoms with Gasteiger partial charge in [-0.1, -0.05) is 6.07 Å². The molecule has 0 amide bonds. The summed E-state index contributed by atoms with van der Waals surface area (Å²) in [6.07, 6.45) is 4.66. The maximum absolute atomic E-state index is 6.24. The first-order valence-electron chi connectivity index (χ1n) is 7.43. The normalized spacial score (nSPS) is 25.2. The minimum absolute atomic E-state index is 0.128. The van der Waals surface area contributed by atoms with E-state index in [0.717, 1.165) is 49.4 Å². The summed E-state index contributed by atoms with van der Waals surface area (Å²) in [6, 6.07) is 6.13. The number of ether oxygens (including phenoxy) is 2. The first-order chi connectivity index (χ1) is 9.60. The van der Waals surface area contributed by atoms with Gasteiger partial charge >= 0.3 is 0 Å². The Hall–Kier alpha value is -1.26. The Labute approximate surface area is 120 Å². The maximum Gasteiger partial charge on any atom is 0.161 e. The summed E-state index contributed by atoms with van der Waals surface area (Å²) in [4.78, 5) is 2.31. The number of likely N-dealkylation sites (tertiary alicyclic amines) is 1. The molecule has 1 unspecified atom stereocenters. The van der Waals surface area contributed by atoms with E-state index in [0.29, 0.717) is 0 Å². The first kappa shape index (κ1) is 13.7. The number of nitrogens with zero attached hydrogens (tertiary/aromatic N) is 1. The molecule has 1 aromatic rings. The molecule has 0 aromatic heterocycles. The molecule has 1 aliphatic carbocycles. The second-order valence-electron chi connectivity index (χ2n) is 6.17. The minimum Gasteiger partial charge on any atom is -0.493 e. The van der Waals surface area contributed by atoms with Crippen LogP contribution in [-0.4, -0.2) is 38.3 Å². The van der Waals surface area contributed by atoms with E-state index in [1.54, 1.807) is 7.11 Å². The number of hydrogen-bond acceptors (Lipinski definition) is 4. The van der Waals surface area contributed by atoms with Crippen molar-refractivity contribution in [1.29, 1.82) is 0 Å². The molecule has 20 heavy (non-hydrogen) atoms. The Morgan fingerprint density at radius 2 is 2.10 bits per heavy atom. The molecule has 2 aliphatic rings. The lowest BCUT2D eigenvalue weighted by Gasteiger charge is -2.30. The molecular formula is C16H24N2O2. The van der Waals surface area contributed by atoms with Gasteiger partial charge in [-0.15, -0.1) is 0 Å². The van der Waals surface area contributed by atoms with Gasteiger partial charge in [-0.05, 0) is 57.0 Å². The second kappa shape index (κ2) is 5.26. The highest BCUT2D eigenvalue weighted by molar-refractivity contribution is 5.46. The molecule has 4 nitrogen and oxygen atoms in total. The lowest BCUT2D eigenvalue weighted by atomic mass is 10.0. The summed E-state index contributed by atoms with van der Waals surface area (Å²) in [6.45, 7) is 2.14. The van der Waals surface area contributed by atoms with Crippen molar-refractivity contribution >= 4 is 0 Å². The van der Waals surface area contributed by atoms with Crippen LogP contribution in [0, 0.1) is 0 Å². The van der Waals surface area contributed by atoms with Crippen molar-refractivity contribution < 1.29 is 9.47 Å². The van der Waals surface area contributed by atoms with E-state index in [1.165, 1.54) is 6.42 Å². The Morgan fingerprint density at radius 3 is 2.75 bits per heavy atom. The largest absolute Gasteiger partial charge is 0.493 e. The van der Waals surface area contributed by atoms with Crippen LogP contribution in [0.1, 0.15) is 31.2 Å². The minimum atomic E-state index is -0.128. The fourth-order valence-electron chi connectivity index (χ4n) is 2.89. The highest BCUT2D eigenvalue weighted by atomic mass is 16.5. The number of nitrogens with two attached hydrogens (primary N) is 1. The molecule has 3 rings (SSSR count).